The molecule has 0 aliphatic carbocycles. The molecule has 2 aromatic rings. The molecule has 1 heterocycles. The summed E-state index contributed by atoms with van der Waals surface area (Å²) < 4.78 is 13.2. The van der Waals surface area contributed by atoms with Crippen molar-refractivity contribution in [2.45, 2.75) is 51.7 Å². The van der Waals surface area contributed by atoms with Crippen molar-refractivity contribution >= 4 is 17.6 Å². The number of Topliss-reactive ketones (excluding diaryl/α,β-unsaturated/α-hetero) is 1. The van der Waals surface area contributed by atoms with Crippen LogP contribution in [0.2, 0.25) is 0 Å². The summed E-state index contributed by atoms with van der Waals surface area (Å²) in [5.74, 6) is -1.38. The number of hydrogen-bond donors (Lipinski definition) is 1. The van der Waals surface area contributed by atoms with Crippen LogP contribution >= 0.6 is 0 Å². The molecule has 1 fully saturated rings. The van der Waals surface area contributed by atoms with Gasteiger partial charge in [-0.2, -0.15) is 0 Å². The van der Waals surface area contributed by atoms with Crippen LogP contribution in [0.15, 0.2) is 54.6 Å². The Bertz CT molecular complexity index is 965. The van der Waals surface area contributed by atoms with Gasteiger partial charge < -0.3 is 5.73 Å². The van der Waals surface area contributed by atoms with Crippen molar-refractivity contribution in [1.29, 1.82) is 0 Å². The highest BCUT2D eigenvalue weighted by atomic mass is 19.1. The van der Waals surface area contributed by atoms with Gasteiger partial charge in [-0.05, 0) is 55.1 Å². The van der Waals surface area contributed by atoms with Crippen molar-refractivity contribution in [3.63, 3.8) is 0 Å². The van der Waals surface area contributed by atoms with Crippen molar-refractivity contribution in [2.24, 2.45) is 11.7 Å². The minimum Gasteiger partial charge on any atom is -0.320 e. The monoisotopic (exact) mass is 453 g/mol. The molecule has 0 unspecified atom stereocenters. The molecule has 1 saturated heterocycles. The Morgan fingerprint density at radius 3 is 2.42 bits per heavy atom. The van der Waals surface area contributed by atoms with Gasteiger partial charge in [-0.15, -0.1) is 0 Å². The fraction of sp³-hybridized carbons (Fsp3) is 0.423. The molecule has 7 heteroatoms. The van der Waals surface area contributed by atoms with Gasteiger partial charge in [0.15, 0.2) is 5.78 Å². The van der Waals surface area contributed by atoms with E-state index in [1.807, 2.05) is 49.1 Å². The number of nitrogens with two attached hydrogens (primary N) is 1. The van der Waals surface area contributed by atoms with Crippen molar-refractivity contribution in [1.82, 2.24) is 9.80 Å². The van der Waals surface area contributed by atoms with Crippen molar-refractivity contribution in [2.75, 3.05) is 13.1 Å². The minimum absolute atomic E-state index is 0.0345. The van der Waals surface area contributed by atoms with Gasteiger partial charge in [-0.3, -0.25) is 24.2 Å². The van der Waals surface area contributed by atoms with Crippen LogP contribution in [0.25, 0.3) is 0 Å². The minimum atomic E-state index is -0.779. The lowest BCUT2D eigenvalue weighted by Gasteiger charge is -2.31. The molecule has 33 heavy (non-hydrogen) atoms. The first kappa shape index (κ1) is 24.7. The van der Waals surface area contributed by atoms with Crippen LogP contribution in [-0.4, -0.2) is 52.6 Å². The summed E-state index contributed by atoms with van der Waals surface area (Å²) >= 11 is 0. The molecule has 0 radical (unpaired) electrons. The average molecular weight is 454 g/mol. The second kappa shape index (κ2) is 11.3. The standard InChI is InChI=1S/C26H32FN3O3/c1-3-18(2)24(28)26(33)30(16-19-8-5-4-6-9-19)25(32)22-10-7-15-29(22)17-23(31)20-11-13-21(27)14-12-20/h4-6,8-9,11-14,18,22,24H,3,7,10,15-17,28H2,1-2H3/t18-,22-,24-/m0/s1. The highest BCUT2D eigenvalue weighted by molar-refractivity contribution is 6.01. The molecule has 6 nitrogen and oxygen atoms in total. The number of benzene rings is 2. The van der Waals surface area contributed by atoms with Gasteiger partial charge in [0.1, 0.15) is 5.82 Å². The topological polar surface area (TPSA) is 83.7 Å². The van der Waals surface area contributed by atoms with Gasteiger partial charge in [0.05, 0.1) is 25.2 Å². The maximum absolute atomic E-state index is 13.6. The van der Waals surface area contributed by atoms with E-state index in [1.54, 1.807) is 0 Å². The molecule has 176 valence electrons. The van der Waals surface area contributed by atoms with Gasteiger partial charge in [0.2, 0.25) is 11.8 Å². The predicted molar refractivity (Wildman–Crippen MR) is 125 cm³/mol. The second-order valence-electron chi connectivity index (χ2n) is 8.72. The molecule has 2 aromatic carbocycles. The molecule has 3 atom stereocenters. The number of imide groups is 1. The fourth-order valence-corrected chi connectivity index (χ4v) is 4.09. The normalized spacial score (nSPS) is 18.0. The van der Waals surface area contributed by atoms with E-state index < -0.39 is 23.8 Å². The largest absolute Gasteiger partial charge is 0.320 e. The lowest BCUT2D eigenvalue weighted by Crippen LogP contribution is -2.54. The van der Waals surface area contributed by atoms with Gasteiger partial charge in [-0.1, -0.05) is 50.6 Å². The van der Waals surface area contributed by atoms with Crippen molar-refractivity contribution in [3.05, 3.63) is 71.5 Å². The van der Waals surface area contributed by atoms with Crippen LogP contribution in [0.1, 0.15) is 49.0 Å². The molecular weight excluding hydrogens is 421 g/mol. The van der Waals surface area contributed by atoms with Gasteiger partial charge >= 0.3 is 0 Å². The number of ketones is 1. The molecule has 0 spiro atoms. The second-order valence-corrected chi connectivity index (χ2v) is 8.72. The van der Waals surface area contributed by atoms with Crippen molar-refractivity contribution < 1.29 is 18.8 Å². The molecule has 2 amide bonds. The smallest absolute Gasteiger partial charge is 0.246 e. The number of nitrogens with zero attached hydrogens (tertiary/aromatic N) is 2. The Labute approximate surface area is 194 Å². The zero-order chi connectivity index (χ0) is 24.0. The third-order valence-electron chi connectivity index (χ3n) is 6.42. The number of halogens is 1. The summed E-state index contributed by atoms with van der Waals surface area (Å²) in [5, 5.41) is 0. The lowest BCUT2D eigenvalue weighted by atomic mass is 9.98. The zero-order valence-corrected chi connectivity index (χ0v) is 19.2. The number of carbonyl (C=O) groups excluding carboxylic acids is 3. The Hall–Kier alpha value is -2.90. The maximum Gasteiger partial charge on any atom is 0.246 e. The SMILES string of the molecule is CC[C@H](C)[C@H](N)C(=O)N(Cc1ccccc1)C(=O)[C@@H]1CCCN1CC(=O)c1ccc(F)cc1. The number of hydrogen-bond acceptors (Lipinski definition) is 5. The summed E-state index contributed by atoms with van der Waals surface area (Å²) in [6.45, 7) is 4.61. The van der Waals surface area contributed by atoms with E-state index in [0.717, 1.165) is 18.4 Å². The number of likely N-dealkylation sites (tertiary alicyclic amines) is 1. The number of carbonyl (C=O) groups is 3. The summed E-state index contributed by atoms with van der Waals surface area (Å²) in [7, 11) is 0. The highest BCUT2D eigenvalue weighted by Gasteiger charge is 2.38. The summed E-state index contributed by atoms with van der Waals surface area (Å²) in [6.07, 6.45) is 2.03. The molecule has 1 aliphatic rings. The van der Waals surface area contributed by atoms with Crippen LogP contribution < -0.4 is 5.73 Å². The van der Waals surface area contributed by atoms with E-state index >= 15 is 0 Å². The van der Waals surface area contributed by atoms with Crippen LogP contribution in [0.5, 0.6) is 0 Å². The summed E-state index contributed by atoms with van der Waals surface area (Å²) in [4.78, 5) is 42.7. The third-order valence-corrected chi connectivity index (χ3v) is 6.42. The van der Waals surface area contributed by atoms with Crippen molar-refractivity contribution in [3.8, 4) is 0 Å². The quantitative estimate of drug-likeness (QED) is 0.589. The Morgan fingerprint density at radius 1 is 1.12 bits per heavy atom. The van der Waals surface area contributed by atoms with Gasteiger partial charge in [0, 0.05) is 5.56 Å². The first-order chi connectivity index (χ1) is 15.8. The fourth-order valence-electron chi connectivity index (χ4n) is 4.09. The molecular formula is C26H32FN3O3. The third kappa shape index (κ3) is 6.12. The highest BCUT2D eigenvalue weighted by Crippen LogP contribution is 2.22. The number of rotatable bonds is 9. The molecule has 0 saturated carbocycles. The van der Waals surface area contributed by atoms with E-state index in [2.05, 4.69) is 0 Å². The van der Waals surface area contributed by atoms with Gasteiger partial charge in [0.25, 0.3) is 0 Å². The summed E-state index contributed by atoms with van der Waals surface area (Å²) in [6, 6.07) is 13.4. The first-order valence-electron chi connectivity index (χ1n) is 11.5. The maximum atomic E-state index is 13.6. The van der Waals surface area contributed by atoms with E-state index in [1.165, 1.54) is 29.2 Å². The Balaban J connectivity index is 1.80. The van der Waals surface area contributed by atoms with Gasteiger partial charge in [-0.25, -0.2) is 4.39 Å². The summed E-state index contributed by atoms with van der Waals surface area (Å²) in [5.41, 5.74) is 7.45. The van der Waals surface area contributed by atoms with Crippen LogP contribution in [0, 0.1) is 11.7 Å². The molecule has 0 aromatic heterocycles. The van der Waals surface area contributed by atoms with E-state index in [9.17, 15) is 18.8 Å². The molecule has 0 bridgehead atoms. The van der Waals surface area contributed by atoms with Crippen LogP contribution in [0.3, 0.4) is 0 Å². The molecule has 2 N–H and O–H groups in total. The first-order valence-corrected chi connectivity index (χ1v) is 11.5. The Kier molecular flexibility index (Phi) is 8.47. The molecule has 3 rings (SSSR count). The predicted octanol–water partition coefficient (Wildman–Crippen LogP) is 3.40. The van der Waals surface area contributed by atoms with E-state index in [0.29, 0.717) is 18.5 Å². The Morgan fingerprint density at radius 2 is 1.79 bits per heavy atom. The lowest BCUT2D eigenvalue weighted by molar-refractivity contribution is -0.149. The average Bonchev–Trinajstić information content (AvgIpc) is 3.29. The van der Waals surface area contributed by atoms with E-state index in [4.69, 9.17) is 5.73 Å². The van der Waals surface area contributed by atoms with E-state index in [-0.39, 0.29) is 30.7 Å². The zero-order valence-electron chi connectivity index (χ0n) is 19.2. The van der Waals surface area contributed by atoms with Crippen LogP contribution in [-0.2, 0) is 16.1 Å². The van der Waals surface area contributed by atoms with Crippen LogP contribution in [0.4, 0.5) is 4.39 Å². The molecule has 1 aliphatic heterocycles. The number of amides is 2.